The zero-order chi connectivity index (χ0) is 35.0. The van der Waals surface area contributed by atoms with Crippen LogP contribution in [0.3, 0.4) is 0 Å². The molecule has 52 heavy (non-hydrogen) atoms. The van der Waals surface area contributed by atoms with Gasteiger partial charge in [-0.25, -0.2) is 4.85 Å². The molecule has 0 N–H and O–H groups in total. The van der Waals surface area contributed by atoms with E-state index in [1.54, 1.807) is 12.1 Å². The van der Waals surface area contributed by atoms with Crippen LogP contribution < -0.4 is 28.7 Å². The van der Waals surface area contributed by atoms with Crippen LogP contribution in [0.1, 0.15) is 5.56 Å². The molecule has 2 heterocycles. The second-order valence-corrected chi connectivity index (χ2v) is 11.9. The van der Waals surface area contributed by atoms with Crippen LogP contribution in [0.15, 0.2) is 158 Å². The predicted octanol–water partition coefficient (Wildman–Crippen LogP) is 12.8. The average molecular weight is 675 g/mol. The highest BCUT2D eigenvalue weighted by atomic mass is 16.5. The Morgan fingerprint density at radius 1 is 0.462 bits per heavy atom. The summed E-state index contributed by atoms with van der Waals surface area (Å²) in [4.78, 5) is 7.95. The fourth-order valence-corrected chi connectivity index (χ4v) is 6.51. The van der Waals surface area contributed by atoms with Gasteiger partial charge in [-0.1, -0.05) is 72.8 Å². The van der Waals surface area contributed by atoms with Crippen molar-refractivity contribution in [3.05, 3.63) is 175 Å². The molecular weight excluding hydrogens is 649 g/mol. The van der Waals surface area contributed by atoms with Gasteiger partial charge < -0.3 is 18.9 Å². The molecule has 0 amide bonds. The maximum absolute atomic E-state index is 10.4. The van der Waals surface area contributed by atoms with E-state index in [2.05, 4.69) is 20.7 Å². The van der Waals surface area contributed by atoms with Gasteiger partial charge in [0.2, 0.25) is 5.69 Å². The highest BCUT2D eigenvalue weighted by Crippen LogP contribution is 2.55. The van der Waals surface area contributed by atoms with Gasteiger partial charge in [-0.2, -0.15) is 5.26 Å². The van der Waals surface area contributed by atoms with Crippen LogP contribution in [0, 0.1) is 17.9 Å². The summed E-state index contributed by atoms with van der Waals surface area (Å²) < 4.78 is 25.5. The van der Waals surface area contributed by atoms with Crippen LogP contribution in [0.2, 0.25) is 0 Å². The van der Waals surface area contributed by atoms with Gasteiger partial charge in [0, 0.05) is 0 Å². The monoisotopic (exact) mass is 674 g/mol. The van der Waals surface area contributed by atoms with Crippen LogP contribution in [0.25, 0.3) is 4.85 Å². The summed E-state index contributed by atoms with van der Waals surface area (Å²) in [6.45, 7) is 8.12. The molecule has 0 radical (unpaired) electrons. The number of para-hydroxylation sites is 12. The number of hydrogen-bond acceptors (Lipinski definition) is 7. The Kier molecular flexibility index (Phi) is 7.39. The predicted molar refractivity (Wildman–Crippen MR) is 200 cm³/mol. The molecule has 0 fully saturated rings. The van der Waals surface area contributed by atoms with E-state index in [1.165, 1.54) is 0 Å². The first-order chi connectivity index (χ1) is 25.7. The summed E-state index contributed by atoms with van der Waals surface area (Å²) in [6.07, 6.45) is 0. The van der Waals surface area contributed by atoms with E-state index >= 15 is 0 Å². The van der Waals surface area contributed by atoms with E-state index in [4.69, 9.17) is 25.5 Å². The quantitative estimate of drug-likeness (QED) is 0.163. The van der Waals surface area contributed by atoms with Gasteiger partial charge in [-0.05, 0) is 84.9 Å². The maximum Gasteiger partial charge on any atom is 0.232 e. The van der Waals surface area contributed by atoms with Gasteiger partial charge in [0.25, 0.3) is 0 Å². The Labute approximate surface area is 299 Å². The second-order valence-electron chi connectivity index (χ2n) is 11.9. The summed E-state index contributed by atoms with van der Waals surface area (Å²) in [5, 5.41) is 10.4. The number of ether oxygens (including phenoxy) is 4. The van der Waals surface area contributed by atoms with E-state index in [9.17, 15) is 5.26 Å². The van der Waals surface area contributed by atoms with Crippen molar-refractivity contribution < 1.29 is 18.9 Å². The number of nitrogens with zero attached hydrogens (tertiary/aromatic N) is 4. The standard InChI is InChI=1S/C44H26N4O4/c1-46-30-27-43(51-41-24-12-6-18-35(41)47-31-14-2-8-20-37(31)49-38-21-9-3-15-32(38)47)29(28-45)26-44(30)52-42-25-13-7-19-36(42)48-33-16-4-10-22-39(33)50-40-23-11-5-17-34(40)48/h2-27H. The van der Waals surface area contributed by atoms with Crippen LogP contribution in [0.4, 0.5) is 39.8 Å². The Balaban J connectivity index is 1.10. The topological polar surface area (TPSA) is 71.5 Å². The molecule has 246 valence electrons. The Hall–Kier alpha value is -7.68. The molecular formula is C44H26N4O4. The SMILES string of the molecule is [C-]#[N+]c1cc(Oc2ccccc2N2c3ccccc3Oc3ccccc32)c(C#N)cc1Oc1ccccc1N1c2ccccc2Oc2ccccc21. The Bertz CT molecular complexity index is 2340. The minimum absolute atomic E-state index is 0.186. The van der Waals surface area contributed by atoms with E-state index in [0.29, 0.717) is 34.5 Å². The second kappa shape index (κ2) is 12.6. The summed E-state index contributed by atoms with van der Waals surface area (Å²) in [5.41, 5.74) is 5.23. The van der Waals surface area contributed by atoms with Crippen molar-refractivity contribution in [2.45, 2.75) is 0 Å². The first kappa shape index (κ1) is 30.4. The Morgan fingerprint density at radius 3 is 1.23 bits per heavy atom. The van der Waals surface area contributed by atoms with Crippen molar-refractivity contribution >= 4 is 39.8 Å². The van der Waals surface area contributed by atoms with Crippen molar-refractivity contribution in [3.8, 4) is 52.1 Å². The number of benzene rings is 7. The normalized spacial score (nSPS) is 12.0. The lowest BCUT2D eigenvalue weighted by atomic mass is 10.1. The van der Waals surface area contributed by atoms with Crippen molar-refractivity contribution in [3.63, 3.8) is 0 Å². The van der Waals surface area contributed by atoms with Crippen LogP contribution >= 0.6 is 0 Å². The number of anilines is 6. The molecule has 9 rings (SSSR count). The molecule has 0 unspecified atom stereocenters. The molecule has 2 aliphatic rings. The van der Waals surface area contributed by atoms with Crippen LogP contribution in [0.5, 0.6) is 46.0 Å². The van der Waals surface area contributed by atoms with Gasteiger partial charge in [0.1, 0.15) is 23.3 Å². The fraction of sp³-hybridized carbons (Fsp3) is 0. The van der Waals surface area contributed by atoms with E-state index in [1.807, 2.05) is 146 Å². The molecule has 0 aliphatic carbocycles. The molecule has 2 aliphatic heterocycles. The van der Waals surface area contributed by atoms with Crippen molar-refractivity contribution in [2.24, 2.45) is 0 Å². The molecule has 0 saturated heterocycles. The van der Waals surface area contributed by atoms with Crippen LogP contribution in [-0.4, -0.2) is 0 Å². The lowest BCUT2D eigenvalue weighted by molar-refractivity contribution is 0.466. The zero-order valence-corrected chi connectivity index (χ0v) is 27.4. The molecule has 7 aromatic carbocycles. The van der Waals surface area contributed by atoms with Crippen molar-refractivity contribution in [1.82, 2.24) is 0 Å². The fourth-order valence-electron chi connectivity index (χ4n) is 6.51. The summed E-state index contributed by atoms with van der Waals surface area (Å²) >= 11 is 0. The lowest BCUT2D eigenvalue weighted by Gasteiger charge is -2.33. The third-order valence-electron chi connectivity index (χ3n) is 8.82. The average Bonchev–Trinajstić information content (AvgIpc) is 3.20. The lowest BCUT2D eigenvalue weighted by Crippen LogP contribution is -2.16. The highest BCUT2D eigenvalue weighted by Gasteiger charge is 2.29. The van der Waals surface area contributed by atoms with Crippen molar-refractivity contribution in [2.75, 3.05) is 9.80 Å². The third-order valence-corrected chi connectivity index (χ3v) is 8.82. The van der Waals surface area contributed by atoms with Gasteiger partial charge in [0.15, 0.2) is 28.7 Å². The summed E-state index contributed by atoms with van der Waals surface area (Å²) in [6, 6.07) is 51.7. The first-order valence-electron chi connectivity index (χ1n) is 16.5. The molecule has 0 bridgehead atoms. The smallest absolute Gasteiger partial charge is 0.232 e. The van der Waals surface area contributed by atoms with Gasteiger partial charge in [-0.15, -0.1) is 0 Å². The minimum Gasteiger partial charge on any atom is -0.466 e. The molecule has 8 heteroatoms. The van der Waals surface area contributed by atoms with Crippen LogP contribution in [-0.2, 0) is 0 Å². The van der Waals surface area contributed by atoms with E-state index in [-0.39, 0.29) is 22.7 Å². The number of nitriles is 1. The molecule has 0 spiro atoms. The summed E-state index contributed by atoms with van der Waals surface area (Å²) in [5.74, 6) is 4.25. The number of rotatable bonds is 6. The first-order valence-corrected chi connectivity index (χ1v) is 16.5. The summed E-state index contributed by atoms with van der Waals surface area (Å²) in [7, 11) is 0. The molecule has 0 atom stereocenters. The van der Waals surface area contributed by atoms with Crippen molar-refractivity contribution in [1.29, 1.82) is 5.26 Å². The van der Waals surface area contributed by atoms with Gasteiger partial charge in [0.05, 0.1) is 46.3 Å². The minimum atomic E-state index is 0.186. The third kappa shape index (κ3) is 5.16. The van der Waals surface area contributed by atoms with Gasteiger partial charge in [-0.3, -0.25) is 9.80 Å². The van der Waals surface area contributed by atoms with E-state index in [0.717, 1.165) is 34.1 Å². The molecule has 8 nitrogen and oxygen atoms in total. The number of fused-ring (bicyclic) bond motifs is 4. The largest absolute Gasteiger partial charge is 0.466 e. The maximum atomic E-state index is 10.4. The molecule has 0 aromatic heterocycles. The molecule has 0 saturated carbocycles. The van der Waals surface area contributed by atoms with Gasteiger partial charge >= 0.3 is 0 Å². The Morgan fingerprint density at radius 2 is 0.827 bits per heavy atom. The van der Waals surface area contributed by atoms with E-state index < -0.39 is 0 Å². The molecule has 7 aromatic rings. The zero-order valence-electron chi connectivity index (χ0n) is 27.4. The highest BCUT2D eigenvalue weighted by molar-refractivity contribution is 5.90. The number of hydrogen-bond donors (Lipinski definition) is 0.